The first kappa shape index (κ1) is 18.7. The summed E-state index contributed by atoms with van der Waals surface area (Å²) in [7, 11) is 3.58. The molecule has 0 bridgehead atoms. The summed E-state index contributed by atoms with van der Waals surface area (Å²) < 4.78 is 37.2. The van der Waals surface area contributed by atoms with Crippen LogP contribution >= 0.6 is 24.8 Å². The van der Waals surface area contributed by atoms with E-state index in [0.717, 1.165) is 12.1 Å². The Morgan fingerprint density at radius 3 is 2.06 bits per heavy atom. The van der Waals surface area contributed by atoms with E-state index in [1.807, 2.05) is 0 Å². The van der Waals surface area contributed by atoms with Crippen LogP contribution < -0.4 is 5.73 Å². The molecule has 0 aliphatic rings. The van der Waals surface area contributed by atoms with Gasteiger partial charge in [-0.15, -0.1) is 24.8 Å². The molecule has 0 saturated carbocycles. The van der Waals surface area contributed by atoms with E-state index in [9.17, 15) is 13.2 Å². The summed E-state index contributed by atoms with van der Waals surface area (Å²) in [6.45, 7) is 0.439. The van der Waals surface area contributed by atoms with Gasteiger partial charge >= 0.3 is 6.18 Å². The van der Waals surface area contributed by atoms with E-state index in [-0.39, 0.29) is 30.5 Å². The van der Waals surface area contributed by atoms with Gasteiger partial charge in [0.2, 0.25) is 0 Å². The largest absolute Gasteiger partial charge is 0.416 e. The fourth-order valence-corrected chi connectivity index (χ4v) is 1.34. The van der Waals surface area contributed by atoms with Gasteiger partial charge in [0.25, 0.3) is 0 Å². The van der Waals surface area contributed by atoms with Crippen LogP contribution in [-0.4, -0.2) is 19.0 Å². The van der Waals surface area contributed by atoms with E-state index in [0.29, 0.717) is 12.1 Å². The zero-order chi connectivity index (χ0) is 11.6. The molecule has 0 fully saturated rings. The van der Waals surface area contributed by atoms with E-state index in [1.165, 1.54) is 0 Å². The monoisotopic (exact) mass is 290 g/mol. The van der Waals surface area contributed by atoms with Crippen molar-refractivity contribution in [2.24, 2.45) is 0 Å². The molecule has 0 radical (unpaired) electrons. The van der Waals surface area contributed by atoms with Gasteiger partial charge in [-0.05, 0) is 37.9 Å². The molecule has 0 atom stereocenters. The maximum absolute atomic E-state index is 12.4. The molecule has 2 N–H and O–H groups in total. The van der Waals surface area contributed by atoms with Crippen LogP contribution in [0.3, 0.4) is 0 Å². The normalized spacial score (nSPS) is 10.7. The molecule has 1 aromatic carbocycles. The lowest BCUT2D eigenvalue weighted by Crippen LogP contribution is -2.13. The third-order valence-electron chi connectivity index (χ3n) is 1.84. The molecule has 0 spiro atoms. The molecule has 7 heteroatoms. The second kappa shape index (κ2) is 6.93. The van der Waals surface area contributed by atoms with E-state index in [2.05, 4.69) is 0 Å². The number of nitrogens with two attached hydrogens (primary N) is 1. The van der Waals surface area contributed by atoms with Crippen molar-refractivity contribution in [2.75, 3.05) is 19.8 Å². The number of hydrogen-bond donors (Lipinski definition) is 1. The van der Waals surface area contributed by atoms with Crippen LogP contribution in [0.25, 0.3) is 0 Å². The van der Waals surface area contributed by atoms with Gasteiger partial charge in [-0.1, -0.05) is 0 Å². The number of hydrogen-bond acceptors (Lipinski definition) is 2. The van der Waals surface area contributed by atoms with Gasteiger partial charge in [-0.3, -0.25) is 0 Å². The lowest BCUT2D eigenvalue weighted by molar-refractivity contribution is -0.137. The van der Waals surface area contributed by atoms with Gasteiger partial charge in [0.15, 0.2) is 0 Å². The Balaban J connectivity index is 0. The van der Waals surface area contributed by atoms with Crippen LogP contribution in [0.5, 0.6) is 0 Å². The highest BCUT2D eigenvalue weighted by atomic mass is 35.5. The highest BCUT2D eigenvalue weighted by Gasteiger charge is 2.30. The highest BCUT2D eigenvalue weighted by molar-refractivity contribution is 5.85. The average molecular weight is 291 g/mol. The Kier molecular flexibility index (Phi) is 7.63. The molecule has 0 amide bonds. The van der Waals surface area contributed by atoms with Crippen LogP contribution in [0.15, 0.2) is 18.2 Å². The fourth-order valence-electron chi connectivity index (χ4n) is 1.34. The van der Waals surface area contributed by atoms with Crippen molar-refractivity contribution in [2.45, 2.75) is 12.7 Å². The van der Waals surface area contributed by atoms with Crippen LogP contribution in [0.2, 0.25) is 0 Å². The van der Waals surface area contributed by atoms with Gasteiger partial charge < -0.3 is 10.6 Å². The van der Waals surface area contributed by atoms with Crippen LogP contribution in [0, 0.1) is 0 Å². The molecule has 0 aliphatic heterocycles. The minimum absolute atomic E-state index is 0. The molecule has 0 aromatic heterocycles. The SMILES string of the molecule is CN(C)Cc1cc(N)cc(C(F)(F)F)c1.Cl.Cl. The topological polar surface area (TPSA) is 29.3 Å². The van der Waals surface area contributed by atoms with Gasteiger partial charge in [-0.2, -0.15) is 13.2 Å². The predicted octanol–water partition coefficient (Wildman–Crippen LogP) is 3.19. The second-order valence-electron chi connectivity index (χ2n) is 3.70. The van der Waals surface area contributed by atoms with Gasteiger partial charge in [0.05, 0.1) is 5.56 Å². The second-order valence-corrected chi connectivity index (χ2v) is 3.70. The Morgan fingerprint density at radius 2 is 1.65 bits per heavy atom. The number of nitrogens with zero attached hydrogens (tertiary/aromatic N) is 1. The Labute approximate surface area is 111 Å². The molecule has 100 valence electrons. The minimum Gasteiger partial charge on any atom is -0.399 e. The van der Waals surface area contributed by atoms with E-state index in [4.69, 9.17) is 5.73 Å². The van der Waals surface area contributed by atoms with Crippen molar-refractivity contribution >= 4 is 30.5 Å². The zero-order valence-electron chi connectivity index (χ0n) is 9.41. The summed E-state index contributed by atoms with van der Waals surface area (Å²) in [5.74, 6) is 0. The molecule has 17 heavy (non-hydrogen) atoms. The molecule has 0 unspecified atom stereocenters. The summed E-state index contributed by atoms with van der Waals surface area (Å²) in [5.41, 5.74) is 5.42. The maximum Gasteiger partial charge on any atom is 0.416 e. The third-order valence-corrected chi connectivity index (χ3v) is 1.84. The molecular formula is C10H15Cl2F3N2. The number of anilines is 1. The summed E-state index contributed by atoms with van der Waals surface area (Å²) in [6.07, 6.45) is -4.34. The van der Waals surface area contributed by atoms with Crippen LogP contribution in [0.1, 0.15) is 11.1 Å². The maximum atomic E-state index is 12.4. The van der Waals surface area contributed by atoms with E-state index in [1.54, 1.807) is 25.1 Å². The molecule has 1 aromatic rings. The van der Waals surface area contributed by atoms with Gasteiger partial charge in [-0.25, -0.2) is 0 Å². The minimum atomic E-state index is -4.34. The third kappa shape index (κ3) is 6.00. The van der Waals surface area contributed by atoms with Gasteiger partial charge in [0, 0.05) is 12.2 Å². The summed E-state index contributed by atoms with van der Waals surface area (Å²) in [4.78, 5) is 1.79. The molecular weight excluding hydrogens is 276 g/mol. The van der Waals surface area contributed by atoms with Crippen molar-refractivity contribution in [3.05, 3.63) is 29.3 Å². The lowest BCUT2D eigenvalue weighted by Gasteiger charge is -2.13. The van der Waals surface area contributed by atoms with Crippen molar-refractivity contribution in [1.82, 2.24) is 4.90 Å². The quantitative estimate of drug-likeness (QED) is 0.848. The highest BCUT2D eigenvalue weighted by Crippen LogP contribution is 2.31. The average Bonchev–Trinajstić information content (AvgIpc) is 1.99. The first-order chi connectivity index (χ1) is 6.79. The number of nitrogen functional groups attached to an aromatic ring is 1. The molecule has 0 aliphatic carbocycles. The molecule has 1 rings (SSSR count). The standard InChI is InChI=1S/C10H13F3N2.2ClH/c1-15(2)6-7-3-8(10(11,12)13)5-9(14)4-7;;/h3-5H,6,14H2,1-2H3;2*1H. The summed E-state index contributed by atoms with van der Waals surface area (Å²) >= 11 is 0. The Bertz CT molecular complexity index is 354. The molecule has 2 nitrogen and oxygen atoms in total. The van der Waals surface area contributed by atoms with E-state index < -0.39 is 11.7 Å². The number of rotatable bonds is 2. The van der Waals surface area contributed by atoms with Gasteiger partial charge in [0.1, 0.15) is 0 Å². The smallest absolute Gasteiger partial charge is 0.399 e. The first-order valence-corrected chi connectivity index (χ1v) is 4.40. The van der Waals surface area contributed by atoms with Crippen molar-refractivity contribution < 1.29 is 13.2 Å². The van der Waals surface area contributed by atoms with Crippen LogP contribution in [0.4, 0.5) is 18.9 Å². The van der Waals surface area contributed by atoms with Crippen molar-refractivity contribution in [3.63, 3.8) is 0 Å². The number of alkyl halides is 3. The Morgan fingerprint density at radius 1 is 1.12 bits per heavy atom. The lowest BCUT2D eigenvalue weighted by atomic mass is 10.1. The first-order valence-electron chi connectivity index (χ1n) is 4.40. The van der Waals surface area contributed by atoms with E-state index >= 15 is 0 Å². The Hall–Kier alpha value is -0.650. The van der Waals surface area contributed by atoms with Crippen molar-refractivity contribution in [1.29, 1.82) is 0 Å². The summed E-state index contributed by atoms with van der Waals surface area (Å²) in [6, 6.07) is 3.62. The van der Waals surface area contributed by atoms with Crippen LogP contribution in [-0.2, 0) is 12.7 Å². The predicted molar refractivity (Wildman–Crippen MR) is 67.7 cm³/mol. The molecule has 0 saturated heterocycles. The van der Waals surface area contributed by atoms with Crippen molar-refractivity contribution in [3.8, 4) is 0 Å². The summed E-state index contributed by atoms with van der Waals surface area (Å²) in [5, 5.41) is 0. The number of halogens is 5. The fraction of sp³-hybridized carbons (Fsp3) is 0.400. The molecule has 0 heterocycles. The zero-order valence-corrected chi connectivity index (χ0v) is 11.0. The number of benzene rings is 1.